The highest BCUT2D eigenvalue weighted by molar-refractivity contribution is 9.10. The second-order valence-electron chi connectivity index (χ2n) is 6.23. The number of hydrogen-bond donors (Lipinski definition) is 1. The van der Waals surface area contributed by atoms with E-state index < -0.39 is 18.5 Å². The molecule has 0 atom stereocenters. The predicted molar refractivity (Wildman–Crippen MR) is 118 cm³/mol. The van der Waals surface area contributed by atoms with E-state index in [-0.39, 0.29) is 11.3 Å². The van der Waals surface area contributed by atoms with Crippen LogP contribution < -0.4 is 19.9 Å². The molecule has 0 aromatic heterocycles. The third kappa shape index (κ3) is 7.01. The fourth-order valence-corrected chi connectivity index (χ4v) is 3.11. The first-order valence-corrected chi connectivity index (χ1v) is 10.1. The summed E-state index contributed by atoms with van der Waals surface area (Å²) in [5.41, 5.74) is 1.53. The average molecular weight is 484 g/mol. The van der Waals surface area contributed by atoms with E-state index in [1.807, 2.05) is 12.1 Å². The van der Waals surface area contributed by atoms with Crippen LogP contribution in [0.15, 0.2) is 59.1 Å². The van der Waals surface area contributed by atoms with E-state index in [0.717, 1.165) is 4.47 Å². The number of carboxylic acid groups (broad SMARTS) is 1. The molecule has 8 heteroatoms. The number of hydrogen-bond acceptors (Lipinski definition) is 6. The van der Waals surface area contributed by atoms with E-state index in [1.165, 1.54) is 6.08 Å². The number of rotatable bonds is 10. The summed E-state index contributed by atoms with van der Waals surface area (Å²) >= 11 is 3.33. The normalized spacial score (nSPS) is 10.7. The molecule has 2 rings (SSSR count). The van der Waals surface area contributed by atoms with Gasteiger partial charge in [-0.3, -0.25) is 4.79 Å². The SMILES string of the molecule is C=CCc1cc(/C=C(\C#N)C(=O)Nc2cccc(Br)c2)cc(OCC)c1OCC(=O)[O-]. The van der Waals surface area contributed by atoms with Crippen molar-refractivity contribution >= 4 is 39.6 Å². The van der Waals surface area contributed by atoms with Gasteiger partial charge in [-0.25, -0.2) is 0 Å². The fraction of sp³-hybridized carbons (Fsp3) is 0.174. The van der Waals surface area contributed by atoms with Crippen LogP contribution in [0.4, 0.5) is 5.69 Å². The van der Waals surface area contributed by atoms with Crippen LogP contribution in [0.3, 0.4) is 0 Å². The molecule has 0 bridgehead atoms. The van der Waals surface area contributed by atoms with Gasteiger partial charge in [0.1, 0.15) is 18.2 Å². The van der Waals surface area contributed by atoms with Crippen molar-refractivity contribution in [2.75, 3.05) is 18.5 Å². The quantitative estimate of drug-likeness (QED) is 0.315. The molecule has 1 N–H and O–H groups in total. The number of carbonyl (C=O) groups is 2. The van der Waals surface area contributed by atoms with Gasteiger partial charge in [0.15, 0.2) is 11.5 Å². The number of carboxylic acids is 1. The number of nitriles is 1. The van der Waals surface area contributed by atoms with Crippen LogP contribution in [0.25, 0.3) is 6.08 Å². The van der Waals surface area contributed by atoms with Gasteiger partial charge in [0.2, 0.25) is 0 Å². The first-order valence-electron chi connectivity index (χ1n) is 9.29. The molecule has 2 aromatic rings. The Bertz CT molecular complexity index is 1060. The van der Waals surface area contributed by atoms with E-state index in [9.17, 15) is 20.0 Å². The highest BCUT2D eigenvalue weighted by Gasteiger charge is 2.15. The smallest absolute Gasteiger partial charge is 0.266 e. The molecule has 0 fully saturated rings. The zero-order valence-corrected chi connectivity index (χ0v) is 18.4. The summed E-state index contributed by atoms with van der Waals surface area (Å²) in [5.74, 6) is -1.40. The number of allylic oxidation sites excluding steroid dienone is 1. The van der Waals surface area contributed by atoms with Crippen molar-refractivity contribution in [1.29, 1.82) is 5.26 Å². The van der Waals surface area contributed by atoms with Crippen LogP contribution in [0.2, 0.25) is 0 Å². The second-order valence-corrected chi connectivity index (χ2v) is 7.14. The molecule has 0 spiro atoms. The summed E-state index contributed by atoms with van der Waals surface area (Å²) in [6.45, 7) is 5.13. The molecule has 31 heavy (non-hydrogen) atoms. The summed E-state index contributed by atoms with van der Waals surface area (Å²) in [6.07, 6.45) is 3.40. The maximum absolute atomic E-state index is 12.6. The minimum atomic E-state index is -1.37. The highest BCUT2D eigenvalue weighted by Crippen LogP contribution is 2.34. The molecule has 160 valence electrons. The molecule has 0 heterocycles. The van der Waals surface area contributed by atoms with Crippen molar-refractivity contribution in [3.05, 3.63) is 70.2 Å². The molecule has 0 aliphatic rings. The van der Waals surface area contributed by atoms with Crippen LogP contribution in [0, 0.1) is 11.3 Å². The Labute approximate surface area is 188 Å². The first-order chi connectivity index (χ1) is 14.9. The van der Waals surface area contributed by atoms with Crippen LogP contribution in [-0.4, -0.2) is 25.1 Å². The van der Waals surface area contributed by atoms with Gasteiger partial charge < -0.3 is 24.7 Å². The Morgan fingerprint density at radius 1 is 1.29 bits per heavy atom. The first kappa shape index (κ1) is 23.7. The number of carbonyl (C=O) groups excluding carboxylic acids is 2. The maximum atomic E-state index is 12.6. The van der Waals surface area contributed by atoms with Crippen molar-refractivity contribution < 1.29 is 24.2 Å². The van der Waals surface area contributed by atoms with Gasteiger partial charge in [-0.2, -0.15) is 5.26 Å². The molecule has 0 unspecified atom stereocenters. The van der Waals surface area contributed by atoms with Crippen LogP contribution in [-0.2, 0) is 16.0 Å². The molecule has 0 aliphatic carbocycles. The molecular weight excluding hydrogens is 464 g/mol. The van der Waals surface area contributed by atoms with Crippen molar-refractivity contribution in [2.45, 2.75) is 13.3 Å². The van der Waals surface area contributed by atoms with E-state index >= 15 is 0 Å². The Morgan fingerprint density at radius 2 is 2.06 bits per heavy atom. The van der Waals surface area contributed by atoms with Crippen LogP contribution >= 0.6 is 15.9 Å². The number of ether oxygens (including phenoxy) is 2. The van der Waals surface area contributed by atoms with Gasteiger partial charge in [-0.1, -0.05) is 28.1 Å². The molecule has 1 amide bonds. The molecular formula is C23H20BrN2O5-. The molecule has 0 aliphatic heterocycles. The van der Waals surface area contributed by atoms with E-state index in [2.05, 4.69) is 27.8 Å². The topological polar surface area (TPSA) is 111 Å². The molecule has 7 nitrogen and oxygen atoms in total. The molecule has 0 saturated carbocycles. The maximum Gasteiger partial charge on any atom is 0.266 e. The summed E-state index contributed by atoms with van der Waals surface area (Å²) < 4.78 is 11.7. The van der Waals surface area contributed by atoms with Crippen molar-refractivity contribution in [3.8, 4) is 17.6 Å². The number of nitrogens with zero attached hydrogens (tertiary/aromatic N) is 1. The third-order valence-corrected chi connectivity index (χ3v) is 4.40. The summed E-state index contributed by atoms with van der Waals surface area (Å²) in [7, 11) is 0. The van der Waals surface area contributed by atoms with Crippen LogP contribution in [0.5, 0.6) is 11.5 Å². The summed E-state index contributed by atoms with van der Waals surface area (Å²) in [6, 6.07) is 12.2. The standard InChI is InChI=1S/C23H21BrN2O5/c1-3-6-16-9-15(11-20(30-4-2)22(16)31-14-21(27)28)10-17(13-25)23(29)26-19-8-5-7-18(24)12-19/h3,5,7-12H,1,4,6,14H2,2H3,(H,26,29)(H,27,28)/p-1/b17-10+. The van der Waals surface area contributed by atoms with Crippen molar-refractivity contribution in [1.82, 2.24) is 0 Å². The molecule has 2 aromatic carbocycles. The van der Waals surface area contributed by atoms with E-state index in [4.69, 9.17) is 9.47 Å². The highest BCUT2D eigenvalue weighted by atomic mass is 79.9. The summed E-state index contributed by atoms with van der Waals surface area (Å²) in [4.78, 5) is 23.4. The average Bonchev–Trinajstić information content (AvgIpc) is 2.71. The van der Waals surface area contributed by atoms with Gasteiger partial charge in [0.05, 0.1) is 12.6 Å². The van der Waals surface area contributed by atoms with Gasteiger partial charge in [-0.15, -0.1) is 6.58 Å². The summed E-state index contributed by atoms with van der Waals surface area (Å²) in [5, 5.41) is 23.0. The number of benzene rings is 2. The Balaban J connectivity index is 2.42. The zero-order chi connectivity index (χ0) is 22.8. The lowest BCUT2D eigenvalue weighted by Crippen LogP contribution is -2.29. The number of nitrogens with one attached hydrogen (secondary N) is 1. The predicted octanol–water partition coefficient (Wildman–Crippen LogP) is 3.25. The molecule has 0 saturated heterocycles. The van der Waals surface area contributed by atoms with Crippen molar-refractivity contribution in [3.63, 3.8) is 0 Å². The van der Waals surface area contributed by atoms with Gasteiger partial charge in [0, 0.05) is 15.7 Å². The minimum Gasteiger partial charge on any atom is -0.546 e. The van der Waals surface area contributed by atoms with Gasteiger partial charge in [0.25, 0.3) is 5.91 Å². The lowest BCUT2D eigenvalue weighted by Gasteiger charge is -2.17. The number of aliphatic carboxylic acids is 1. The number of anilines is 1. The Hall–Kier alpha value is -3.57. The van der Waals surface area contributed by atoms with Gasteiger partial charge in [-0.05, 0) is 55.3 Å². The minimum absolute atomic E-state index is 0.115. The molecule has 0 radical (unpaired) electrons. The van der Waals surface area contributed by atoms with E-state index in [0.29, 0.717) is 35.6 Å². The van der Waals surface area contributed by atoms with E-state index in [1.54, 1.807) is 43.3 Å². The third-order valence-electron chi connectivity index (χ3n) is 3.91. The van der Waals surface area contributed by atoms with Crippen molar-refractivity contribution in [2.24, 2.45) is 0 Å². The Morgan fingerprint density at radius 3 is 2.68 bits per heavy atom. The number of halogens is 1. The fourth-order valence-electron chi connectivity index (χ4n) is 2.71. The Kier molecular flexibility index (Phi) is 8.85. The lowest BCUT2D eigenvalue weighted by atomic mass is 10.0. The monoisotopic (exact) mass is 483 g/mol. The largest absolute Gasteiger partial charge is 0.546 e. The van der Waals surface area contributed by atoms with Crippen LogP contribution in [0.1, 0.15) is 18.1 Å². The second kappa shape index (κ2) is 11.6. The lowest BCUT2D eigenvalue weighted by molar-refractivity contribution is -0.307. The zero-order valence-electron chi connectivity index (χ0n) is 16.8. The number of amides is 1. The van der Waals surface area contributed by atoms with Gasteiger partial charge >= 0.3 is 0 Å².